The Morgan fingerprint density at radius 2 is 1.82 bits per heavy atom. The molecule has 0 atom stereocenters. The molecule has 0 fully saturated rings. The number of aliphatic imine (C=N–C) groups is 1. The number of benzene rings is 3. The quantitative estimate of drug-likeness (QED) is 0.199. The van der Waals surface area contributed by atoms with Crippen molar-refractivity contribution in [2.75, 3.05) is 11.1 Å². The lowest BCUT2D eigenvalue weighted by atomic mass is 10.2. The van der Waals surface area contributed by atoms with Gasteiger partial charge in [0, 0.05) is 17.5 Å². The Bertz CT molecular complexity index is 1370. The SMILES string of the molecule is O=C(CSc1nc2ccc(N=Cc3c(Cl)cccc3Cl)cc2s1)Nc1cccc(C(F)(F)F)c1. The molecular weight excluding hydrogens is 526 g/mol. The highest BCUT2D eigenvalue weighted by molar-refractivity contribution is 8.01. The summed E-state index contributed by atoms with van der Waals surface area (Å²) in [4.78, 5) is 21.1. The number of alkyl halides is 3. The van der Waals surface area contributed by atoms with Crippen molar-refractivity contribution < 1.29 is 18.0 Å². The van der Waals surface area contributed by atoms with Crippen LogP contribution >= 0.6 is 46.3 Å². The third kappa shape index (κ3) is 6.09. The lowest BCUT2D eigenvalue weighted by Gasteiger charge is -2.09. The zero-order chi connectivity index (χ0) is 24.3. The molecule has 0 unspecified atom stereocenters. The Morgan fingerprint density at radius 1 is 1.09 bits per heavy atom. The number of hydrogen-bond acceptors (Lipinski definition) is 5. The van der Waals surface area contributed by atoms with E-state index >= 15 is 0 Å². The number of anilines is 1. The Hall–Kier alpha value is -2.59. The number of amides is 1. The van der Waals surface area contributed by atoms with Crippen molar-refractivity contribution in [1.29, 1.82) is 0 Å². The van der Waals surface area contributed by atoms with Crippen molar-refractivity contribution in [3.05, 3.63) is 81.8 Å². The summed E-state index contributed by atoms with van der Waals surface area (Å²) >= 11 is 14.9. The molecule has 1 amide bonds. The number of fused-ring (bicyclic) bond motifs is 1. The molecule has 0 aliphatic heterocycles. The molecule has 1 aromatic heterocycles. The zero-order valence-corrected chi connectivity index (χ0v) is 20.2. The molecule has 4 rings (SSSR count). The first kappa shape index (κ1) is 24.5. The van der Waals surface area contributed by atoms with Gasteiger partial charge in [-0.1, -0.05) is 47.1 Å². The van der Waals surface area contributed by atoms with Crippen molar-refractivity contribution in [2.45, 2.75) is 10.5 Å². The summed E-state index contributed by atoms with van der Waals surface area (Å²) in [5.74, 6) is -0.419. The molecule has 0 bridgehead atoms. The maximum Gasteiger partial charge on any atom is 0.416 e. The molecule has 34 heavy (non-hydrogen) atoms. The minimum Gasteiger partial charge on any atom is -0.325 e. The number of nitrogens with one attached hydrogen (secondary N) is 1. The van der Waals surface area contributed by atoms with Gasteiger partial charge in [0.1, 0.15) is 0 Å². The summed E-state index contributed by atoms with van der Waals surface area (Å²) in [6, 6.07) is 15.2. The van der Waals surface area contributed by atoms with Crippen LogP contribution in [-0.4, -0.2) is 22.9 Å². The van der Waals surface area contributed by atoms with Gasteiger partial charge in [0.15, 0.2) is 4.34 Å². The van der Waals surface area contributed by atoms with Gasteiger partial charge in [-0.25, -0.2) is 4.98 Å². The molecule has 11 heteroatoms. The van der Waals surface area contributed by atoms with E-state index < -0.39 is 17.6 Å². The molecule has 4 aromatic rings. The average Bonchev–Trinajstić information content (AvgIpc) is 3.19. The van der Waals surface area contributed by atoms with E-state index in [0.717, 1.165) is 22.3 Å². The second-order valence-corrected chi connectivity index (χ2v) is 10.0. The summed E-state index contributed by atoms with van der Waals surface area (Å²) in [6.45, 7) is 0. The fraction of sp³-hybridized carbons (Fsp3) is 0.0870. The fourth-order valence-electron chi connectivity index (χ4n) is 2.90. The minimum absolute atomic E-state index is 0.00603. The highest BCUT2D eigenvalue weighted by atomic mass is 35.5. The molecule has 0 radical (unpaired) electrons. The summed E-state index contributed by atoms with van der Waals surface area (Å²) < 4.78 is 40.0. The van der Waals surface area contributed by atoms with Crippen LogP contribution in [0.15, 0.2) is 70.0 Å². The van der Waals surface area contributed by atoms with E-state index in [0.29, 0.717) is 25.6 Å². The second kappa shape index (κ2) is 10.4. The number of hydrogen-bond donors (Lipinski definition) is 1. The smallest absolute Gasteiger partial charge is 0.325 e. The van der Waals surface area contributed by atoms with Gasteiger partial charge in [-0.2, -0.15) is 13.2 Å². The number of carbonyl (C=O) groups excluding carboxylic acids is 1. The maximum absolute atomic E-state index is 12.8. The number of halogens is 5. The number of nitrogens with zero attached hydrogens (tertiary/aromatic N) is 2. The Kier molecular flexibility index (Phi) is 7.47. The molecule has 1 N–H and O–H groups in total. The van der Waals surface area contributed by atoms with E-state index in [4.69, 9.17) is 23.2 Å². The van der Waals surface area contributed by atoms with Gasteiger partial charge >= 0.3 is 6.18 Å². The van der Waals surface area contributed by atoms with Gasteiger partial charge in [-0.05, 0) is 48.5 Å². The predicted molar refractivity (Wildman–Crippen MR) is 134 cm³/mol. The topological polar surface area (TPSA) is 54.4 Å². The average molecular weight is 540 g/mol. The van der Waals surface area contributed by atoms with Crippen LogP contribution in [0.2, 0.25) is 10.0 Å². The molecule has 0 spiro atoms. The lowest BCUT2D eigenvalue weighted by Crippen LogP contribution is -2.14. The van der Waals surface area contributed by atoms with Crippen LogP contribution in [0.5, 0.6) is 0 Å². The van der Waals surface area contributed by atoms with E-state index in [1.165, 1.54) is 35.2 Å². The Labute approximate surface area is 210 Å². The largest absolute Gasteiger partial charge is 0.416 e. The number of thiazole rings is 1. The van der Waals surface area contributed by atoms with E-state index in [-0.39, 0.29) is 11.4 Å². The predicted octanol–water partition coefficient (Wildman–Crippen LogP) is 8.10. The van der Waals surface area contributed by atoms with Gasteiger partial charge in [0.2, 0.25) is 5.91 Å². The molecule has 0 aliphatic rings. The van der Waals surface area contributed by atoms with Crippen LogP contribution in [0, 0.1) is 0 Å². The zero-order valence-electron chi connectivity index (χ0n) is 17.1. The van der Waals surface area contributed by atoms with Crippen molar-refractivity contribution >= 4 is 80.0 Å². The molecule has 4 nitrogen and oxygen atoms in total. The number of carbonyl (C=O) groups is 1. The third-order valence-corrected chi connectivity index (χ3v) is 7.32. The van der Waals surface area contributed by atoms with Gasteiger partial charge in [-0.3, -0.25) is 9.79 Å². The second-order valence-electron chi connectivity index (χ2n) is 6.94. The molecule has 0 saturated carbocycles. The summed E-state index contributed by atoms with van der Waals surface area (Å²) in [6.07, 6.45) is -2.88. The number of rotatable bonds is 6. The minimum atomic E-state index is -4.47. The highest BCUT2D eigenvalue weighted by Crippen LogP contribution is 2.33. The van der Waals surface area contributed by atoms with Crippen molar-refractivity contribution in [3.8, 4) is 0 Å². The molecular formula is C23H14Cl2F3N3OS2. The van der Waals surface area contributed by atoms with Gasteiger partial charge in [0.05, 0.1) is 37.3 Å². The standard InChI is InChI=1S/C23H14Cl2F3N3OS2/c24-17-5-2-6-18(25)16(17)11-29-14-7-8-19-20(10-14)34-22(31-19)33-12-21(32)30-15-4-1-3-13(9-15)23(26,27)28/h1-11H,12H2,(H,30,32). The molecule has 0 saturated heterocycles. The van der Waals surface area contributed by atoms with E-state index in [9.17, 15) is 18.0 Å². The summed E-state index contributed by atoms with van der Waals surface area (Å²) in [5, 5.41) is 3.48. The van der Waals surface area contributed by atoms with Crippen LogP contribution in [0.25, 0.3) is 10.2 Å². The van der Waals surface area contributed by atoms with Crippen molar-refractivity contribution in [3.63, 3.8) is 0 Å². The molecule has 1 heterocycles. The normalized spacial score (nSPS) is 11.9. The van der Waals surface area contributed by atoms with Gasteiger partial charge in [0.25, 0.3) is 0 Å². The van der Waals surface area contributed by atoms with Crippen LogP contribution in [0.1, 0.15) is 11.1 Å². The first-order chi connectivity index (χ1) is 16.2. The van der Waals surface area contributed by atoms with Crippen LogP contribution in [0.3, 0.4) is 0 Å². The lowest BCUT2D eigenvalue weighted by molar-refractivity contribution is -0.137. The molecule has 3 aromatic carbocycles. The van der Waals surface area contributed by atoms with Crippen molar-refractivity contribution in [2.24, 2.45) is 4.99 Å². The number of aromatic nitrogens is 1. The van der Waals surface area contributed by atoms with Crippen LogP contribution in [-0.2, 0) is 11.0 Å². The monoisotopic (exact) mass is 539 g/mol. The Morgan fingerprint density at radius 3 is 2.56 bits per heavy atom. The number of thioether (sulfide) groups is 1. The molecule has 0 aliphatic carbocycles. The van der Waals surface area contributed by atoms with Gasteiger partial charge < -0.3 is 5.32 Å². The summed E-state index contributed by atoms with van der Waals surface area (Å²) in [5.41, 5.74) is 1.33. The van der Waals surface area contributed by atoms with Crippen LogP contribution < -0.4 is 5.32 Å². The highest BCUT2D eigenvalue weighted by Gasteiger charge is 2.30. The summed E-state index contributed by atoms with van der Waals surface area (Å²) in [7, 11) is 0. The maximum atomic E-state index is 12.8. The first-order valence-corrected chi connectivity index (χ1v) is 12.2. The molecule has 174 valence electrons. The first-order valence-electron chi connectivity index (χ1n) is 9.67. The van der Waals surface area contributed by atoms with E-state index in [2.05, 4.69) is 15.3 Å². The third-order valence-electron chi connectivity index (χ3n) is 4.50. The fourth-order valence-corrected chi connectivity index (χ4v) is 5.30. The van der Waals surface area contributed by atoms with E-state index in [1.54, 1.807) is 30.5 Å². The Balaban J connectivity index is 1.41. The van der Waals surface area contributed by atoms with Gasteiger partial charge in [-0.15, -0.1) is 11.3 Å². The van der Waals surface area contributed by atoms with E-state index in [1.807, 2.05) is 12.1 Å². The van der Waals surface area contributed by atoms with Crippen molar-refractivity contribution in [1.82, 2.24) is 4.98 Å². The van der Waals surface area contributed by atoms with Crippen LogP contribution in [0.4, 0.5) is 24.5 Å².